The SMILES string of the molecule is O=C(Cc1csc(-c2ccsc2)n1)NC[C@H](c1ccccc1)N1CCCC1. The van der Waals surface area contributed by atoms with Gasteiger partial charge in [0.1, 0.15) is 5.01 Å². The lowest BCUT2D eigenvalue weighted by Crippen LogP contribution is -2.37. The molecule has 0 unspecified atom stereocenters. The van der Waals surface area contributed by atoms with Gasteiger partial charge >= 0.3 is 0 Å². The second kappa shape index (κ2) is 8.78. The smallest absolute Gasteiger partial charge is 0.226 e. The molecule has 4 rings (SSSR count). The molecule has 1 N–H and O–H groups in total. The van der Waals surface area contributed by atoms with Crippen LogP contribution < -0.4 is 5.32 Å². The van der Waals surface area contributed by atoms with Crippen molar-refractivity contribution in [2.75, 3.05) is 19.6 Å². The zero-order valence-electron chi connectivity index (χ0n) is 15.1. The van der Waals surface area contributed by atoms with Crippen LogP contribution in [0.15, 0.2) is 52.5 Å². The summed E-state index contributed by atoms with van der Waals surface area (Å²) in [5, 5.41) is 10.2. The Morgan fingerprint density at radius 2 is 1.96 bits per heavy atom. The summed E-state index contributed by atoms with van der Waals surface area (Å²) in [6.45, 7) is 2.85. The van der Waals surface area contributed by atoms with E-state index in [1.807, 2.05) is 16.8 Å². The molecule has 3 aromatic rings. The van der Waals surface area contributed by atoms with Crippen LogP contribution in [0.2, 0.25) is 0 Å². The number of amides is 1. The minimum Gasteiger partial charge on any atom is -0.354 e. The quantitative estimate of drug-likeness (QED) is 0.644. The van der Waals surface area contributed by atoms with E-state index < -0.39 is 0 Å². The Morgan fingerprint density at radius 3 is 2.70 bits per heavy atom. The minimum absolute atomic E-state index is 0.0392. The molecule has 1 aliphatic heterocycles. The lowest BCUT2D eigenvalue weighted by Gasteiger charge is -2.28. The Morgan fingerprint density at radius 1 is 1.15 bits per heavy atom. The van der Waals surface area contributed by atoms with Crippen molar-refractivity contribution in [2.24, 2.45) is 0 Å². The normalized spacial score (nSPS) is 15.7. The summed E-state index contributed by atoms with van der Waals surface area (Å²) in [7, 11) is 0. The average Bonchev–Trinajstić information content (AvgIpc) is 3.45. The number of aromatic nitrogens is 1. The molecule has 0 radical (unpaired) electrons. The number of likely N-dealkylation sites (tertiary alicyclic amines) is 1. The topological polar surface area (TPSA) is 45.2 Å². The fourth-order valence-electron chi connectivity index (χ4n) is 3.53. The van der Waals surface area contributed by atoms with Crippen molar-refractivity contribution >= 4 is 28.6 Å². The summed E-state index contributed by atoms with van der Waals surface area (Å²) >= 11 is 3.26. The van der Waals surface area contributed by atoms with E-state index in [0.29, 0.717) is 13.0 Å². The van der Waals surface area contributed by atoms with Crippen molar-refractivity contribution in [1.82, 2.24) is 15.2 Å². The molecular formula is C21H23N3OS2. The number of carbonyl (C=O) groups is 1. The number of rotatable bonds is 7. The zero-order valence-corrected chi connectivity index (χ0v) is 16.8. The Labute approximate surface area is 167 Å². The third-order valence-corrected chi connectivity index (χ3v) is 6.54. The van der Waals surface area contributed by atoms with Crippen LogP contribution in [0.4, 0.5) is 0 Å². The van der Waals surface area contributed by atoms with Crippen LogP contribution in [0.3, 0.4) is 0 Å². The first-order chi connectivity index (χ1) is 13.3. The Hall–Kier alpha value is -2.02. The molecule has 140 valence electrons. The second-order valence-electron chi connectivity index (χ2n) is 6.81. The highest BCUT2D eigenvalue weighted by Gasteiger charge is 2.23. The molecular weight excluding hydrogens is 374 g/mol. The molecule has 4 nitrogen and oxygen atoms in total. The van der Waals surface area contributed by atoms with Crippen molar-refractivity contribution in [3.05, 3.63) is 63.8 Å². The van der Waals surface area contributed by atoms with Gasteiger partial charge in [0, 0.05) is 22.9 Å². The van der Waals surface area contributed by atoms with Crippen molar-refractivity contribution in [1.29, 1.82) is 0 Å². The molecule has 27 heavy (non-hydrogen) atoms. The number of hydrogen-bond acceptors (Lipinski definition) is 5. The van der Waals surface area contributed by atoms with E-state index in [9.17, 15) is 4.79 Å². The summed E-state index contributed by atoms with van der Waals surface area (Å²) < 4.78 is 0. The van der Waals surface area contributed by atoms with E-state index in [0.717, 1.165) is 29.4 Å². The monoisotopic (exact) mass is 397 g/mol. The van der Waals surface area contributed by atoms with E-state index in [1.165, 1.54) is 18.4 Å². The summed E-state index contributed by atoms with van der Waals surface area (Å²) in [5.74, 6) is 0.0392. The van der Waals surface area contributed by atoms with Crippen molar-refractivity contribution in [2.45, 2.75) is 25.3 Å². The van der Waals surface area contributed by atoms with Gasteiger partial charge in [-0.15, -0.1) is 11.3 Å². The molecule has 1 fully saturated rings. The highest BCUT2D eigenvalue weighted by atomic mass is 32.1. The van der Waals surface area contributed by atoms with E-state index in [2.05, 4.69) is 50.9 Å². The van der Waals surface area contributed by atoms with Crippen LogP contribution >= 0.6 is 22.7 Å². The largest absolute Gasteiger partial charge is 0.354 e. The molecule has 0 bridgehead atoms. The molecule has 3 heterocycles. The lowest BCUT2D eigenvalue weighted by molar-refractivity contribution is -0.120. The van der Waals surface area contributed by atoms with Crippen LogP contribution in [-0.4, -0.2) is 35.4 Å². The Bertz CT molecular complexity index is 855. The van der Waals surface area contributed by atoms with E-state index in [4.69, 9.17) is 0 Å². The van der Waals surface area contributed by atoms with Crippen molar-refractivity contribution < 1.29 is 4.79 Å². The molecule has 0 aliphatic carbocycles. The van der Waals surface area contributed by atoms with Crippen LogP contribution in [0, 0.1) is 0 Å². The molecule has 0 spiro atoms. The number of thiophene rings is 1. The summed E-state index contributed by atoms with van der Waals surface area (Å²) in [6, 6.07) is 12.8. The number of benzene rings is 1. The number of nitrogens with zero attached hydrogens (tertiary/aromatic N) is 2. The van der Waals surface area contributed by atoms with Crippen LogP contribution in [0.5, 0.6) is 0 Å². The van der Waals surface area contributed by atoms with E-state index in [-0.39, 0.29) is 11.9 Å². The molecule has 2 aromatic heterocycles. The van der Waals surface area contributed by atoms with Crippen LogP contribution in [0.25, 0.3) is 10.6 Å². The third kappa shape index (κ3) is 4.64. The summed E-state index contributed by atoms with van der Waals surface area (Å²) in [5.41, 5.74) is 3.25. The first-order valence-corrected chi connectivity index (χ1v) is 11.1. The van der Waals surface area contributed by atoms with Gasteiger partial charge in [-0.05, 0) is 42.9 Å². The average molecular weight is 398 g/mol. The maximum absolute atomic E-state index is 12.5. The van der Waals surface area contributed by atoms with Crippen molar-refractivity contribution in [3.63, 3.8) is 0 Å². The Balaban J connectivity index is 1.37. The Kier molecular flexibility index (Phi) is 5.97. The van der Waals surface area contributed by atoms with Gasteiger partial charge in [0.15, 0.2) is 0 Å². The number of nitrogens with one attached hydrogen (secondary N) is 1. The number of hydrogen-bond donors (Lipinski definition) is 1. The number of thiazole rings is 1. The highest BCUT2D eigenvalue weighted by molar-refractivity contribution is 7.14. The summed E-state index contributed by atoms with van der Waals surface area (Å²) in [6.07, 6.45) is 2.81. The van der Waals surface area contributed by atoms with Crippen LogP contribution in [-0.2, 0) is 11.2 Å². The van der Waals surface area contributed by atoms with Gasteiger partial charge in [-0.1, -0.05) is 30.3 Å². The maximum atomic E-state index is 12.5. The van der Waals surface area contributed by atoms with Gasteiger partial charge < -0.3 is 5.32 Å². The van der Waals surface area contributed by atoms with Gasteiger partial charge in [0.05, 0.1) is 18.2 Å². The van der Waals surface area contributed by atoms with Gasteiger partial charge in [-0.25, -0.2) is 4.98 Å². The van der Waals surface area contributed by atoms with Crippen LogP contribution in [0.1, 0.15) is 30.1 Å². The third-order valence-electron chi connectivity index (χ3n) is 4.92. The number of carbonyl (C=O) groups excluding carboxylic acids is 1. The maximum Gasteiger partial charge on any atom is 0.226 e. The van der Waals surface area contributed by atoms with Gasteiger partial charge in [0.25, 0.3) is 0 Å². The second-order valence-corrected chi connectivity index (χ2v) is 8.44. The fraction of sp³-hybridized carbons (Fsp3) is 0.333. The predicted molar refractivity (Wildman–Crippen MR) is 112 cm³/mol. The first-order valence-electron chi connectivity index (χ1n) is 9.32. The van der Waals surface area contributed by atoms with Gasteiger partial charge in [-0.2, -0.15) is 11.3 Å². The molecule has 0 saturated carbocycles. The zero-order chi connectivity index (χ0) is 18.5. The highest BCUT2D eigenvalue weighted by Crippen LogP contribution is 2.26. The van der Waals surface area contributed by atoms with E-state index in [1.54, 1.807) is 22.7 Å². The molecule has 1 amide bonds. The lowest BCUT2D eigenvalue weighted by atomic mass is 10.1. The first kappa shape index (κ1) is 18.3. The van der Waals surface area contributed by atoms with Gasteiger partial charge in [-0.3, -0.25) is 9.69 Å². The summed E-state index contributed by atoms with van der Waals surface area (Å²) in [4.78, 5) is 19.6. The molecule has 1 saturated heterocycles. The minimum atomic E-state index is 0.0392. The van der Waals surface area contributed by atoms with E-state index >= 15 is 0 Å². The fourth-order valence-corrected chi connectivity index (χ4v) is 5.06. The standard InChI is InChI=1S/C21H23N3OS2/c25-20(12-18-15-27-21(23-18)17-8-11-26-14-17)22-13-19(24-9-4-5-10-24)16-6-2-1-3-7-16/h1-3,6-8,11,14-15,19H,4-5,9-10,12-13H2,(H,22,25)/t19-/m1/s1. The van der Waals surface area contributed by atoms with Crippen molar-refractivity contribution in [3.8, 4) is 10.6 Å². The molecule has 1 aliphatic rings. The van der Waals surface area contributed by atoms with Gasteiger partial charge in [0.2, 0.25) is 5.91 Å². The predicted octanol–water partition coefficient (Wildman–Crippen LogP) is 4.37. The molecule has 1 atom stereocenters. The molecule has 1 aromatic carbocycles. The molecule has 6 heteroatoms.